The van der Waals surface area contributed by atoms with Crippen LogP contribution < -0.4 is 0 Å². The van der Waals surface area contributed by atoms with Crippen LogP contribution >= 0.6 is 0 Å². The van der Waals surface area contributed by atoms with Crippen LogP contribution in [-0.4, -0.2) is 23.2 Å². The van der Waals surface area contributed by atoms with Gasteiger partial charge in [0.2, 0.25) is 0 Å². The Balaban J connectivity index is 2.57. The molecule has 1 amide bonds. The summed E-state index contributed by atoms with van der Waals surface area (Å²) in [5, 5.41) is 0. The van der Waals surface area contributed by atoms with Crippen LogP contribution in [0.25, 0.3) is 0 Å². The smallest absolute Gasteiger partial charge is 0.220 e. The van der Waals surface area contributed by atoms with Crippen molar-refractivity contribution in [2.45, 2.75) is 26.2 Å². The summed E-state index contributed by atoms with van der Waals surface area (Å²) < 4.78 is 1.80. The van der Waals surface area contributed by atoms with Gasteiger partial charge in [0.1, 0.15) is 6.21 Å². The Labute approximate surface area is 55.2 Å². The Kier molecular flexibility index (Phi) is 1.98. The van der Waals surface area contributed by atoms with Crippen molar-refractivity contribution in [3.63, 3.8) is 0 Å². The van der Waals surface area contributed by atoms with Gasteiger partial charge in [-0.3, -0.25) is 0 Å². The van der Waals surface area contributed by atoms with E-state index in [2.05, 4.69) is 0 Å². The van der Waals surface area contributed by atoms with Crippen LogP contribution in [-0.2, 0) is 4.79 Å². The van der Waals surface area contributed by atoms with E-state index in [0.717, 1.165) is 19.4 Å². The highest BCUT2D eigenvalue weighted by Crippen LogP contribution is 1.99. The lowest BCUT2D eigenvalue weighted by Gasteiger charge is -2.02. The number of hydrogen-bond donors (Lipinski definition) is 0. The molecule has 0 aromatic rings. The third-order valence-corrected chi connectivity index (χ3v) is 1.61. The minimum Gasteiger partial charge on any atom is -0.220 e. The van der Waals surface area contributed by atoms with Gasteiger partial charge in [-0.05, 0) is 6.42 Å². The molecule has 1 aliphatic rings. The highest BCUT2D eigenvalue weighted by atomic mass is 16.2. The molecule has 0 unspecified atom stereocenters. The molecule has 2 heteroatoms. The lowest BCUT2D eigenvalue weighted by atomic mass is 10.3. The minimum absolute atomic E-state index is 0.176. The predicted molar refractivity (Wildman–Crippen MR) is 35.7 cm³/mol. The zero-order valence-electron chi connectivity index (χ0n) is 5.76. The van der Waals surface area contributed by atoms with Gasteiger partial charge < -0.3 is 0 Å². The first-order chi connectivity index (χ1) is 4.30. The molecule has 0 radical (unpaired) electrons. The zero-order chi connectivity index (χ0) is 6.69. The number of amides is 1. The van der Waals surface area contributed by atoms with Crippen molar-refractivity contribution >= 4 is 12.1 Å². The second-order valence-corrected chi connectivity index (χ2v) is 2.39. The van der Waals surface area contributed by atoms with E-state index in [-0.39, 0.29) is 5.91 Å². The number of hydrogen-bond acceptors (Lipinski definition) is 1. The third kappa shape index (κ3) is 1.63. The normalized spacial score (nSPS) is 19.0. The molecular formula is C7H12NO+. The highest BCUT2D eigenvalue weighted by molar-refractivity contribution is 5.70. The molecule has 0 bridgehead atoms. The van der Waals surface area contributed by atoms with Gasteiger partial charge in [0.25, 0.3) is 0 Å². The lowest BCUT2D eigenvalue weighted by Crippen LogP contribution is -2.23. The molecule has 1 rings (SSSR count). The first kappa shape index (κ1) is 6.46. The topological polar surface area (TPSA) is 20.1 Å². The fourth-order valence-electron chi connectivity index (χ4n) is 1.05. The fourth-order valence-corrected chi connectivity index (χ4v) is 1.05. The summed E-state index contributed by atoms with van der Waals surface area (Å²) in [6, 6.07) is 0. The third-order valence-electron chi connectivity index (χ3n) is 1.61. The van der Waals surface area contributed by atoms with Crippen molar-refractivity contribution in [1.29, 1.82) is 0 Å². The molecule has 0 aromatic carbocycles. The largest absolute Gasteiger partial charge is 0.383 e. The van der Waals surface area contributed by atoms with Gasteiger partial charge in [-0.25, -0.2) is 4.79 Å². The maximum absolute atomic E-state index is 10.7. The summed E-state index contributed by atoms with van der Waals surface area (Å²) in [4.78, 5) is 10.7. The van der Waals surface area contributed by atoms with Crippen LogP contribution in [0.1, 0.15) is 26.2 Å². The monoisotopic (exact) mass is 128 g/mol. The van der Waals surface area contributed by atoms with Gasteiger partial charge in [-0.1, -0.05) is 0 Å². The second-order valence-electron chi connectivity index (χ2n) is 2.39. The lowest BCUT2D eigenvalue weighted by molar-refractivity contribution is -0.448. The fraction of sp³-hybridized carbons (Fsp3) is 0.714. The van der Waals surface area contributed by atoms with Crippen molar-refractivity contribution in [2.24, 2.45) is 0 Å². The minimum atomic E-state index is 0.176. The summed E-state index contributed by atoms with van der Waals surface area (Å²) in [7, 11) is 0. The molecule has 0 aliphatic carbocycles. The molecule has 9 heavy (non-hydrogen) atoms. The molecule has 1 heterocycles. The molecule has 1 aliphatic heterocycles. The van der Waals surface area contributed by atoms with Crippen molar-refractivity contribution in [2.75, 3.05) is 6.54 Å². The molecule has 0 saturated carbocycles. The van der Waals surface area contributed by atoms with Crippen LogP contribution in [0.2, 0.25) is 0 Å². The number of carbonyl (C=O) groups is 1. The maximum atomic E-state index is 10.7. The summed E-state index contributed by atoms with van der Waals surface area (Å²) in [6.45, 7) is 2.54. The van der Waals surface area contributed by atoms with Crippen molar-refractivity contribution in [1.82, 2.24) is 0 Å². The molecule has 2 nitrogen and oxygen atoms in total. The van der Waals surface area contributed by atoms with Gasteiger partial charge in [0, 0.05) is 12.8 Å². The van der Waals surface area contributed by atoms with Gasteiger partial charge in [0.05, 0.1) is 6.92 Å². The first-order valence-corrected chi connectivity index (χ1v) is 3.41. The van der Waals surface area contributed by atoms with E-state index >= 15 is 0 Å². The van der Waals surface area contributed by atoms with Crippen molar-refractivity contribution in [3.8, 4) is 0 Å². The second kappa shape index (κ2) is 2.76. The highest BCUT2D eigenvalue weighted by Gasteiger charge is 2.13. The Morgan fingerprint density at radius 1 is 1.56 bits per heavy atom. The van der Waals surface area contributed by atoms with E-state index in [0.29, 0.717) is 0 Å². The van der Waals surface area contributed by atoms with Crippen LogP contribution in [0, 0.1) is 0 Å². The maximum Gasteiger partial charge on any atom is 0.383 e. The molecule has 50 valence electrons. The van der Waals surface area contributed by atoms with Crippen molar-refractivity contribution in [3.05, 3.63) is 0 Å². The first-order valence-electron chi connectivity index (χ1n) is 3.41. The van der Waals surface area contributed by atoms with E-state index in [1.165, 1.54) is 6.42 Å². The Hall–Kier alpha value is -0.660. The van der Waals surface area contributed by atoms with Crippen molar-refractivity contribution < 1.29 is 9.37 Å². The van der Waals surface area contributed by atoms with E-state index in [1.54, 1.807) is 11.5 Å². The standard InChI is InChI=1S/C7H12NO/c1-7(9)8-5-3-2-4-6-8/h5H,2-4,6H2,1H3/q+1/i6+1,7+1. The summed E-state index contributed by atoms with van der Waals surface area (Å²) in [6.07, 6.45) is 5.46. The molecule has 0 N–H and O–H groups in total. The van der Waals surface area contributed by atoms with Crippen LogP contribution in [0.4, 0.5) is 0 Å². The Morgan fingerprint density at radius 3 is 2.67 bits per heavy atom. The van der Waals surface area contributed by atoms with Gasteiger partial charge in [0.15, 0.2) is 6.54 Å². The van der Waals surface area contributed by atoms with Gasteiger partial charge >= 0.3 is 5.91 Å². The Morgan fingerprint density at radius 2 is 2.33 bits per heavy atom. The van der Waals surface area contributed by atoms with Crippen LogP contribution in [0.15, 0.2) is 0 Å². The number of carbonyl (C=O) groups excluding carboxylic acids is 1. The molecular weight excluding hydrogens is 116 g/mol. The van der Waals surface area contributed by atoms with E-state index in [4.69, 9.17) is 0 Å². The van der Waals surface area contributed by atoms with Crippen LogP contribution in [0.3, 0.4) is 0 Å². The van der Waals surface area contributed by atoms with Gasteiger partial charge in [-0.2, -0.15) is 4.58 Å². The van der Waals surface area contributed by atoms with E-state index in [1.807, 2.05) is 6.21 Å². The van der Waals surface area contributed by atoms with E-state index < -0.39 is 0 Å². The van der Waals surface area contributed by atoms with E-state index in [9.17, 15) is 4.79 Å². The average Bonchev–Trinajstić information content (AvgIpc) is 1.90. The number of rotatable bonds is 0. The molecule has 0 atom stereocenters. The van der Waals surface area contributed by atoms with Gasteiger partial charge in [-0.15, -0.1) is 0 Å². The summed E-state index contributed by atoms with van der Waals surface area (Å²) in [5.41, 5.74) is 0. The molecule has 0 aromatic heterocycles. The summed E-state index contributed by atoms with van der Waals surface area (Å²) in [5.74, 6) is 0.176. The van der Waals surface area contributed by atoms with Crippen LogP contribution in [0.5, 0.6) is 0 Å². The Bertz CT molecular complexity index is 149. The summed E-state index contributed by atoms with van der Waals surface area (Å²) >= 11 is 0. The molecule has 0 saturated heterocycles. The number of nitrogens with zero attached hydrogens (tertiary/aromatic N) is 1. The molecule has 0 spiro atoms. The molecule has 0 fully saturated rings. The average molecular weight is 128 g/mol. The zero-order valence-corrected chi connectivity index (χ0v) is 5.76. The SMILES string of the molecule is C[13C](=O)[N+]1=CCCC[13CH2]1. The predicted octanol–water partition coefficient (Wildman–Crippen LogP) is 0.800. The quantitative estimate of drug-likeness (QED) is 0.349.